The number of nitrogens with zero attached hydrogens (tertiary/aromatic N) is 2. The second kappa shape index (κ2) is 5.24. The van der Waals surface area contributed by atoms with Gasteiger partial charge in [0.2, 0.25) is 10.0 Å². The van der Waals surface area contributed by atoms with E-state index in [0.717, 1.165) is 0 Å². The van der Waals surface area contributed by atoms with Crippen LogP contribution in [0.15, 0.2) is 23.1 Å². The van der Waals surface area contributed by atoms with Gasteiger partial charge in [-0.3, -0.25) is 10.1 Å². The van der Waals surface area contributed by atoms with Crippen molar-refractivity contribution in [1.29, 1.82) is 0 Å². The molecule has 1 aliphatic heterocycles. The van der Waals surface area contributed by atoms with Crippen LogP contribution in [0.5, 0.6) is 0 Å². The monoisotopic (exact) mass is 286 g/mol. The molecule has 104 valence electrons. The Balaban J connectivity index is 2.46. The van der Waals surface area contributed by atoms with Crippen LogP contribution < -0.4 is 0 Å². The number of sulfonamides is 1. The molecule has 19 heavy (non-hydrogen) atoms. The summed E-state index contributed by atoms with van der Waals surface area (Å²) in [5.41, 5.74) is -0.0201. The van der Waals surface area contributed by atoms with Gasteiger partial charge >= 0.3 is 0 Å². The van der Waals surface area contributed by atoms with Gasteiger partial charge < -0.3 is 4.74 Å². The highest BCUT2D eigenvalue weighted by Gasteiger charge is 2.30. The van der Waals surface area contributed by atoms with Gasteiger partial charge in [-0.2, -0.15) is 4.31 Å². The molecule has 0 aromatic heterocycles. The maximum absolute atomic E-state index is 12.4. The molecule has 7 nitrogen and oxygen atoms in total. The Labute approximate surface area is 111 Å². The summed E-state index contributed by atoms with van der Waals surface area (Å²) in [5, 5.41) is 10.9. The Morgan fingerprint density at radius 1 is 1.32 bits per heavy atom. The van der Waals surface area contributed by atoms with E-state index in [4.69, 9.17) is 4.74 Å². The van der Waals surface area contributed by atoms with E-state index in [9.17, 15) is 18.5 Å². The van der Waals surface area contributed by atoms with Gasteiger partial charge in [-0.15, -0.1) is 0 Å². The van der Waals surface area contributed by atoms with Crippen LogP contribution in [0.4, 0.5) is 5.69 Å². The zero-order chi connectivity index (χ0) is 14.0. The van der Waals surface area contributed by atoms with Crippen molar-refractivity contribution in [2.75, 3.05) is 26.3 Å². The average molecular weight is 286 g/mol. The van der Waals surface area contributed by atoms with Crippen LogP contribution in [0.25, 0.3) is 0 Å². The van der Waals surface area contributed by atoms with Gasteiger partial charge in [0.15, 0.2) is 0 Å². The number of morpholine rings is 1. The SMILES string of the molecule is Cc1c([N+](=O)[O-])cccc1S(=O)(=O)N1CCOCC1. The first-order valence-electron chi connectivity index (χ1n) is 5.76. The van der Waals surface area contributed by atoms with E-state index >= 15 is 0 Å². The number of hydrogen-bond donors (Lipinski definition) is 0. The van der Waals surface area contributed by atoms with E-state index in [1.807, 2.05) is 0 Å². The van der Waals surface area contributed by atoms with Gasteiger partial charge in [-0.1, -0.05) is 6.07 Å². The van der Waals surface area contributed by atoms with Crippen LogP contribution in [0, 0.1) is 17.0 Å². The van der Waals surface area contributed by atoms with Crippen molar-refractivity contribution in [3.05, 3.63) is 33.9 Å². The molecule has 1 aromatic carbocycles. The topological polar surface area (TPSA) is 89.8 Å². The number of hydrogen-bond acceptors (Lipinski definition) is 5. The smallest absolute Gasteiger partial charge is 0.273 e. The van der Waals surface area contributed by atoms with Crippen molar-refractivity contribution < 1.29 is 18.1 Å². The van der Waals surface area contributed by atoms with Crippen molar-refractivity contribution >= 4 is 15.7 Å². The lowest BCUT2D eigenvalue weighted by Gasteiger charge is -2.26. The van der Waals surface area contributed by atoms with E-state index in [0.29, 0.717) is 13.2 Å². The molecule has 8 heteroatoms. The van der Waals surface area contributed by atoms with Crippen molar-refractivity contribution in [3.63, 3.8) is 0 Å². The van der Waals surface area contributed by atoms with Crippen LogP contribution >= 0.6 is 0 Å². The molecule has 0 saturated carbocycles. The molecule has 0 atom stereocenters. The first-order chi connectivity index (χ1) is 8.94. The number of nitro groups is 1. The maximum atomic E-state index is 12.4. The van der Waals surface area contributed by atoms with E-state index < -0.39 is 14.9 Å². The van der Waals surface area contributed by atoms with Gasteiger partial charge in [-0.05, 0) is 13.0 Å². The minimum atomic E-state index is -3.70. The summed E-state index contributed by atoms with van der Waals surface area (Å²) < 4.78 is 31.3. The predicted octanol–water partition coefficient (Wildman–Crippen LogP) is 0.924. The number of ether oxygens (including phenoxy) is 1. The molecule has 0 unspecified atom stereocenters. The standard InChI is InChI=1S/C11H14N2O5S/c1-9-10(13(14)15)3-2-4-11(9)19(16,17)12-5-7-18-8-6-12/h2-4H,5-8H2,1H3. The Bertz CT molecular complexity index is 593. The molecule has 2 rings (SSSR count). The minimum absolute atomic E-state index is 0.0106. The van der Waals surface area contributed by atoms with Crippen LogP contribution in [0.2, 0.25) is 0 Å². The van der Waals surface area contributed by atoms with Gasteiger partial charge in [-0.25, -0.2) is 8.42 Å². The third kappa shape index (κ3) is 2.60. The van der Waals surface area contributed by atoms with Crippen molar-refractivity contribution in [3.8, 4) is 0 Å². The summed E-state index contributed by atoms with van der Waals surface area (Å²) in [5.74, 6) is 0. The molecule has 0 N–H and O–H groups in total. The maximum Gasteiger partial charge on any atom is 0.273 e. The number of rotatable bonds is 3. The Kier molecular flexibility index (Phi) is 3.83. The molecule has 1 fully saturated rings. The molecule has 1 aliphatic rings. The van der Waals surface area contributed by atoms with Gasteiger partial charge in [0.1, 0.15) is 0 Å². The minimum Gasteiger partial charge on any atom is -0.379 e. The predicted molar refractivity (Wildman–Crippen MR) is 67.4 cm³/mol. The van der Waals surface area contributed by atoms with Crippen molar-refractivity contribution in [1.82, 2.24) is 4.31 Å². The highest BCUT2D eigenvalue weighted by Crippen LogP contribution is 2.27. The normalized spacial score (nSPS) is 17.3. The van der Waals surface area contributed by atoms with E-state index in [-0.39, 0.29) is 29.2 Å². The fourth-order valence-corrected chi connectivity index (χ4v) is 3.66. The molecule has 0 radical (unpaired) electrons. The van der Waals surface area contributed by atoms with Crippen LogP contribution in [0.3, 0.4) is 0 Å². The fourth-order valence-electron chi connectivity index (χ4n) is 2.01. The van der Waals surface area contributed by atoms with E-state index in [1.165, 1.54) is 29.4 Å². The van der Waals surface area contributed by atoms with Crippen LogP contribution in [-0.4, -0.2) is 43.9 Å². The van der Waals surface area contributed by atoms with Gasteiger partial charge in [0, 0.05) is 24.7 Å². The Hall–Kier alpha value is -1.51. The lowest BCUT2D eigenvalue weighted by atomic mass is 10.2. The zero-order valence-electron chi connectivity index (χ0n) is 10.4. The summed E-state index contributed by atoms with van der Waals surface area (Å²) in [6, 6.07) is 4.08. The summed E-state index contributed by atoms with van der Waals surface area (Å²) in [6.07, 6.45) is 0. The van der Waals surface area contributed by atoms with Crippen LogP contribution in [0.1, 0.15) is 5.56 Å². The fraction of sp³-hybridized carbons (Fsp3) is 0.455. The van der Waals surface area contributed by atoms with Crippen LogP contribution in [-0.2, 0) is 14.8 Å². The van der Waals surface area contributed by atoms with Gasteiger partial charge in [0.25, 0.3) is 5.69 Å². The average Bonchev–Trinajstić information content (AvgIpc) is 2.39. The Morgan fingerprint density at radius 2 is 1.95 bits per heavy atom. The molecule has 1 heterocycles. The quantitative estimate of drug-likeness (QED) is 0.609. The highest BCUT2D eigenvalue weighted by molar-refractivity contribution is 7.89. The molecule has 0 spiro atoms. The molecular formula is C11H14N2O5S. The highest BCUT2D eigenvalue weighted by atomic mass is 32.2. The lowest BCUT2D eigenvalue weighted by molar-refractivity contribution is -0.385. The summed E-state index contributed by atoms with van der Waals surface area (Å²) >= 11 is 0. The second-order valence-corrected chi connectivity index (χ2v) is 6.08. The third-order valence-corrected chi connectivity index (χ3v) is 5.08. The summed E-state index contributed by atoms with van der Waals surface area (Å²) in [4.78, 5) is 10.3. The molecule has 0 amide bonds. The molecular weight excluding hydrogens is 272 g/mol. The van der Waals surface area contributed by atoms with E-state index in [2.05, 4.69) is 0 Å². The van der Waals surface area contributed by atoms with Gasteiger partial charge in [0.05, 0.1) is 23.0 Å². The molecule has 1 aromatic rings. The largest absolute Gasteiger partial charge is 0.379 e. The van der Waals surface area contributed by atoms with Crippen molar-refractivity contribution in [2.45, 2.75) is 11.8 Å². The first kappa shape index (κ1) is 13.9. The van der Waals surface area contributed by atoms with Crippen molar-refractivity contribution in [2.24, 2.45) is 0 Å². The molecule has 0 bridgehead atoms. The summed E-state index contributed by atoms with van der Waals surface area (Å²) in [6.45, 7) is 2.67. The number of benzene rings is 1. The zero-order valence-corrected chi connectivity index (χ0v) is 11.2. The molecule has 0 aliphatic carbocycles. The third-order valence-electron chi connectivity index (χ3n) is 3.04. The van der Waals surface area contributed by atoms with E-state index in [1.54, 1.807) is 0 Å². The Morgan fingerprint density at radius 3 is 2.53 bits per heavy atom. The number of nitro benzene ring substituents is 1. The lowest BCUT2D eigenvalue weighted by Crippen LogP contribution is -2.40. The first-order valence-corrected chi connectivity index (χ1v) is 7.20. The second-order valence-electron chi connectivity index (χ2n) is 4.17. The molecule has 1 saturated heterocycles. The summed E-state index contributed by atoms with van der Waals surface area (Å²) in [7, 11) is -3.70.